The number of carbonyl (C=O) groups excluding carboxylic acids is 1. The number of halogens is 3. The largest absolute Gasteiger partial charge is 0.493 e. The first-order valence-electron chi connectivity index (χ1n) is 9.13. The van der Waals surface area contributed by atoms with Crippen LogP contribution in [-0.4, -0.2) is 45.7 Å². The topological polar surface area (TPSA) is 60.0 Å². The predicted molar refractivity (Wildman–Crippen MR) is 107 cm³/mol. The van der Waals surface area contributed by atoms with Crippen molar-refractivity contribution in [2.45, 2.75) is 19.1 Å². The lowest BCUT2D eigenvalue weighted by Crippen LogP contribution is -2.25. The van der Waals surface area contributed by atoms with Crippen molar-refractivity contribution in [2.75, 3.05) is 40.2 Å². The molecule has 0 unspecified atom stereocenters. The molecule has 2 rings (SSSR count). The summed E-state index contributed by atoms with van der Waals surface area (Å²) >= 11 is 0. The van der Waals surface area contributed by atoms with Gasteiger partial charge in [0.25, 0.3) is 0 Å². The third-order valence-corrected chi connectivity index (χ3v) is 4.43. The molecular formula is C21H25F3N2O4. The van der Waals surface area contributed by atoms with Crippen molar-refractivity contribution >= 4 is 11.6 Å². The first-order valence-corrected chi connectivity index (χ1v) is 9.13. The van der Waals surface area contributed by atoms with Crippen LogP contribution in [0.5, 0.6) is 17.2 Å². The Balaban J connectivity index is 1.99. The number of methoxy groups -OCH3 is 3. The number of rotatable bonds is 9. The van der Waals surface area contributed by atoms with Gasteiger partial charge in [0.15, 0.2) is 11.5 Å². The van der Waals surface area contributed by atoms with Gasteiger partial charge in [-0.15, -0.1) is 0 Å². The van der Waals surface area contributed by atoms with E-state index in [0.29, 0.717) is 22.9 Å². The number of carbonyl (C=O) groups is 1. The Hall–Kier alpha value is -2.94. The van der Waals surface area contributed by atoms with Crippen LogP contribution < -0.4 is 19.5 Å². The maximum Gasteiger partial charge on any atom is 0.416 e. The summed E-state index contributed by atoms with van der Waals surface area (Å²) in [5.41, 5.74) is -0.0455. The molecule has 0 saturated carbocycles. The summed E-state index contributed by atoms with van der Waals surface area (Å²) in [5, 5.41) is 2.74. The molecule has 0 saturated heterocycles. The fourth-order valence-corrected chi connectivity index (χ4v) is 2.97. The van der Waals surface area contributed by atoms with Gasteiger partial charge < -0.3 is 24.4 Å². The van der Waals surface area contributed by atoms with Gasteiger partial charge in [-0.2, -0.15) is 13.2 Å². The predicted octanol–water partition coefficient (Wildman–Crippen LogP) is 4.19. The van der Waals surface area contributed by atoms with Crippen LogP contribution in [0.15, 0.2) is 36.4 Å². The molecule has 30 heavy (non-hydrogen) atoms. The van der Waals surface area contributed by atoms with E-state index in [1.807, 2.05) is 0 Å². The first kappa shape index (κ1) is 23.3. The molecule has 0 heterocycles. The summed E-state index contributed by atoms with van der Waals surface area (Å²) in [7, 11) is 6.08. The summed E-state index contributed by atoms with van der Waals surface area (Å²) in [6.45, 7) is 0.357. The van der Waals surface area contributed by atoms with Gasteiger partial charge in [-0.05, 0) is 18.7 Å². The van der Waals surface area contributed by atoms with E-state index in [1.54, 1.807) is 30.1 Å². The van der Waals surface area contributed by atoms with Gasteiger partial charge in [0, 0.05) is 37.3 Å². The van der Waals surface area contributed by atoms with E-state index >= 15 is 0 Å². The summed E-state index contributed by atoms with van der Waals surface area (Å²) in [5.74, 6) is 0.905. The molecule has 2 aromatic rings. The molecule has 0 aliphatic heterocycles. The van der Waals surface area contributed by atoms with Crippen LogP contribution >= 0.6 is 0 Å². The highest BCUT2D eigenvalue weighted by Gasteiger charge is 2.33. The standard InChI is InChI=1S/C21H25F3N2O4/c1-26(13-14-7-5-6-8-16(14)21(22,23)24)10-9-19(27)25-15-11-17(28-2)20(30-4)18(12-15)29-3/h5-8,11-12H,9-10,13H2,1-4H3,(H,25,27). The van der Waals surface area contributed by atoms with E-state index in [-0.39, 0.29) is 31.0 Å². The van der Waals surface area contributed by atoms with E-state index in [2.05, 4.69) is 5.32 Å². The molecule has 0 aliphatic rings. The number of hydrogen-bond donors (Lipinski definition) is 1. The number of ether oxygens (including phenoxy) is 3. The van der Waals surface area contributed by atoms with Crippen LogP contribution in [0.3, 0.4) is 0 Å². The van der Waals surface area contributed by atoms with Crippen molar-refractivity contribution in [1.82, 2.24) is 4.90 Å². The molecule has 0 aromatic heterocycles. The Morgan fingerprint density at radius 1 is 1.03 bits per heavy atom. The lowest BCUT2D eigenvalue weighted by Gasteiger charge is -2.20. The van der Waals surface area contributed by atoms with Gasteiger partial charge in [0.05, 0.1) is 26.9 Å². The summed E-state index contributed by atoms with van der Waals surface area (Å²) in [4.78, 5) is 14.0. The fourth-order valence-electron chi connectivity index (χ4n) is 2.97. The number of hydrogen-bond acceptors (Lipinski definition) is 5. The Kier molecular flexibility index (Phi) is 7.93. The van der Waals surface area contributed by atoms with Crippen LogP contribution in [0, 0.1) is 0 Å². The van der Waals surface area contributed by atoms with Crippen LogP contribution in [-0.2, 0) is 17.5 Å². The number of nitrogens with one attached hydrogen (secondary N) is 1. The summed E-state index contributed by atoms with van der Waals surface area (Å²) in [6.07, 6.45) is -4.32. The number of benzene rings is 2. The minimum absolute atomic E-state index is 0.0765. The third kappa shape index (κ3) is 6.03. The van der Waals surface area contributed by atoms with Crippen molar-refractivity contribution in [3.63, 3.8) is 0 Å². The van der Waals surface area contributed by atoms with Gasteiger partial charge in [-0.3, -0.25) is 4.79 Å². The average molecular weight is 426 g/mol. The van der Waals surface area contributed by atoms with Crippen molar-refractivity contribution in [3.8, 4) is 17.2 Å². The number of amides is 1. The average Bonchev–Trinajstić information content (AvgIpc) is 2.71. The lowest BCUT2D eigenvalue weighted by atomic mass is 10.1. The molecule has 0 fully saturated rings. The molecule has 2 aromatic carbocycles. The minimum Gasteiger partial charge on any atom is -0.493 e. The first-order chi connectivity index (χ1) is 14.2. The molecule has 9 heteroatoms. The van der Waals surface area contributed by atoms with Gasteiger partial charge in [0.1, 0.15) is 0 Å². The maximum atomic E-state index is 13.1. The minimum atomic E-state index is -4.42. The van der Waals surface area contributed by atoms with Crippen molar-refractivity contribution in [3.05, 3.63) is 47.5 Å². The second kappa shape index (κ2) is 10.2. The lowest BCUT2D eigenvalue weighted by molar-refractivity contribution is -0.138. The monoisotopic (exact) mass is 426 g/mol. The van der Waals surface area contributed by atoms with E-state index in [1.165, 1.54) is 33.5 Å². The second-order valence-electron chi connectivity index (χ2n) is 6.60. The molecule has 0 atom stereocenters. The molecule has 0 bridgehead atoms. The smallest absolute Gasteiger partial charge is 0.416 e. The third-order valence-electron chi connectivity index (χ3n) is 4.43. The molecule has 1 N–H and O–H groups in total. The molecule has 0 spiro atoms. The molecular weight excluding hydrogens is 401 g/mol. The highest BCUT2D eigenvalue weighted by molar-refractivity contribution is 5.91. The maximum absolute atomic E-state index is 13.1. The van der Waals surface area contributed by atoms with Crippen LogP contribution in [0.4, 0.5) is 18.9 Å². The van der Waals surface area contributed by atoms with Gasteiger partial charge in [-0.25, -0.2) is 0 Å². The van der Waals surface area contributed by atoms with Crippen molar-refractivity contribution in [1.29, 1.82) is 0 Å². The quantitative estimate of drug-likeness (QED) is 0.652. The Labute approximate surface area is 173 Å². The second-order valence-corrected chi connectivity index (χ2v) is 6.60. The van der Waals surface area contributed by atoms with E-state index < -0.39 is 11.7 Å². The van der Waals surface area contributed by atoms with Gasteiger partial charge >= 0.3 is 6.18 Å². The molecule has 164 valence electrons. The highest BCUT2D eigenvalue weighted by Crippen LogP contribution is 2.40. The Morgan fingerprint density at radius 3 is 2.17 bits per heavy atom. The van der Waals surface area contributed by atoms with Crippen LogP contribution in [0.25, 0.3) is 0 Å². The number of alkyl halides is 3. The summed E-state index contributed by atoms with van der Waals surface area (Å²) < 4.78 is 55.1. The molecule has 1 amide bonds. The highest BCUT2D eigenvalue weighted by atomic mass is 19.4. The molecule has 0 aliphatic carbocycles. The Morgan fingerprint density at radius 2 is 1.63 bits per heavy atom. The van der Waals surface area contributed by atoms with Crippen molar-refractivity contribution < 1.29 is 32.2 Å². The normalized spacial score (nSPS) is 11.3. The van der Waals surface area contributed by atoms with Gasteiger partial charge in [-0.1, -0.05) is 18.2 Å². The van der Waals surface area contributed by atoms with Gasteiger partial charge in [0.2, 0.25) is 11.7 Å². The van der Waals surface area contributed by atoms with Crippen molar-refractivity contribution in [2.24, 2.45) is 0 Å². The van der Waals surface area contributed by atoms with E-state index in [4.69, 9.17) is 14.2 Å². The fraction of sp³-hybridized carbons (Fsp3) is 0.381. The molecule has 6 nitrogen and oxygen atoms in total. The summed E-state index contributed by atoms with van der Waals surface area (Å²) in [6, 6.07) is 8.62. The van der Waals surface area contributed by atoms with Crippen LogP contribution in [0.1, 0.15) is 17.5 Å². The zero-order chi connectivity index (χ0) is 22.3. The number of anilines is 1. The van der Waals surface area contributed by atoms with E-state index in [9.17, 15) is 18.0 Å². The van der Waals surface area contributed by atoms with E-state index in [0.717, 1.165) is 6.07 Å². The SMILES string of the molecule is COc1cc(NC(=O)CCN(C)Cc2ccccc2C(F)(F)F)cc(OC)c1OC. The Bertz CT molecular complexity index is 847. The zero-order valence-corrected chi connectivity index (χ0v) is 17.3. The zero-order valence-electron chi connectivity index (χ0n) is 17.3. The van der Waals surface area contributed by atoms with Crippen LogP contribution in [0.2, 0.25) is 0 Å². The molecule has 0 radical (unpaired) electrons. The number of nitrogens with zero attached hydrogens (tertiary/aromatic N) is 1.